The molecule has 0 bridgehead atoms. The van der Waals surface area contributed by atoms with Gasteiger partial charge < -0.3 is 19.7 Å². The van der Waals surface area contributed by atoms with Crippen LogP contribution in [0.2, 0.25) is 0 Å². The molecule has 0 saturated carbocycles. The van der Waals surface area contributed by atoms with Gasteiger partial charge >= 0.3 is 0 Å². The zero-order chi connectivity index (χ0) is 11.3. The van der Waals surface area contributed by atoms with Gasteiger partial charge in [-0.3, -0.25) is 0 Å². The van der Waals surface area contributed by atoms with Crippen LogP contribution < -0.4 is 9.47 Å². The van der Waals surface area contributed by atoms with Gasteiger partial charge in [-0.2, -0.15) is 0 Å². The molecule has 0 aliphatic heterocycles. The van der Waals surface area contributed by atoms with Gasteiger partial charge in [0.1, 0.15) is 0 Å². The number of hydrogen-bond donors (Lipinski definition) is 2. The summed E-state index contributed by atoms with van der Waals surface area (Å²) in [5, 5.41) is 18.1. The number of methoxy groups -OCH3 is 2. The Labute approximate surface area is 89.1 Å². The highest BCUT2D eigenvalue weighted by Gasteiger charge is 2.12. The molecule has 0 aliphatic rings. The van der Waals surface area contributed by atoms with Crippen LogP contribution in [0.15, 0.2) is 18.2 Å². The molecule has 84 valence electrons. The van der Waals surface area contributed by atoms with Crippen molar-refractivity contribution in [3.63, 3.8) is 0 Å². The lowest BCUT2D eigenvalue weighted by Gasteiger charge is -2.14. The van der Waals surface area contributed by atoms with Crippen molar-refractivity contribution in [3.05, 3.63) is 23.8 Å². The van der Waals surface area contributed by atoms with E-state index in [0.717, 1.165) is 5.56 Å². The van der Waals surface area contributed by atoms with Gasteiger partial charge in [0.2, 0.25) is 0 Å². The minimum atomic E-state index is -0.273. The summed E-state index contributed by atoms with van der Waals surface area (Å²) in [5.74, 6) is 0.961. The molecule has 0 radical (unpaired) electrons. The molecule has 4 nitrogen and oxygen atoms in total. The van der Waals surface area contributed by atoms with E-state index in [1.165, 1.54) is 0 Å². The van der Waals surface area contributed by atoms with Gasteiger partial charge in [-0.25, -0.2) is 0 Å². The molecule has 0 aromatic heterocycles. The molecule has 1 rings (SSSR count). The lowest BCUT2D eigenvalue weighted by molar-refractivity contribution is 0.192. The van der Waals surface area contributed by atoms with E-state index in [0.29, 0.717) is 11.5 Å². The highest BCUT2D eigenvalue weighted by molar-refractivity contribution is 5.43. The Bertz CT molecular complexity index is 307. The summed E-state index contributed by atoms with van der Waals surface area (Å²) in [6.07, 6.45) is 0. The van der Waals surface area contributed by atoms with E-state index in [-0.39, 0.29) is 19.1 Å². The Morgan fingerprint density at radius 3 is 2.13 bits per heavy atom. The molecule has 4 heteroatoms. The number of hydrogen-bond acceptors (Lipinski definition) is 4. The molecule has 0 aliphatic carbocycles. The SMILES string of the molecule is COc1ccc(C(CO)CO)cc1OC. The van der Waals surface area contributed by atoms with Crippen LogP contribution in [0.5, 0.6) is 11.5 Å². The molecule has 0 heterocycles. The van der Waals surface area contributed by atoms with Crippen molar-refractivity contribution < 1.29 is 19.7 Å². The lowest BCUT2D eigenvalue weighted by atomic mass is 10.0. The normalized spacial score (nSPS) is 10.5. The Morgan fingerprint density at radius 1 is 1.07 bits per heavy atom. The van der Waals surface area contributed by atoms with Crippen LogP contribution in [0.25, 0.3) is 0 Å². The second-order valence-corrected chi connectivity index (χ2v) is 3.18. The topological polar surface area (TPSA) is 58.9 Å². The minimum Gasteiger partial charge on any atom is -0.493 e. The second-order valence-electron chi connectivity index (χ2n) is 3.18. The Hall–Kier alpha value is -1.26. The maximum atomic E-state index is 9.04. The fourth-order valence-corrected chi connectivity index (χ4v) is 1.38. The van der Waals surface area contributed by atoms with Crippen molar-refractivity contribution in [2.24, 2.45) is 0 Å². The average molecular weight is 212 g/mol. The third-order valence-electron chi connectivity index (χ3n) is 2.32. The van der Waals surface area contributed by atoms with Crippen LogP contribution >= 0.6 is 0 Å². The van der Waals surface area contributed by atoms with E-state index < -0.39 is 0 Å². The standard InChI is InChI=1S/C11H16O4/c1-14-10-4-3-8(5-11(10)15-2)9(6-12)7-13/h3-5,9,12-13H,6-7H2,1-2H3. The van der Waals surface area contributed by atoms with Crippen molar-refractivity contribution in [2.75, 3.05) is 27.4 Å². The van der Waals surface area contributed by atoms with Crippen LogP contribution in [0.4, 0.5) is 0 Å². The van der Waals surface area contributed by atoms with Gasteiger partial charge in [-0.1, -0.05) is 6.07 Å². The van der Waals surface area contributed by atoms with Crippen molar-refractivity contribution in [3.8, 4) is 11.5 Å². The zero-order valence-corrected chi connectivity index (χ0v) is 8.93. The van der Waals surface area contributed by atoms with E-state index in [1.54, 1.807) is 32.4 Å². The molecule has 0 amide bonds. The maximum Gasteiger partial charge on any atom is 0.161 e. The number of benzene rings is 1. The molecule has 1 aromatic rings. The zero-order valence-electron chi connectivity index (χ0n) is 8.93. The molecule has 2 N–H and O–H groups in total. The highest BCUT2D eigenvalue weighted by Crippen LogP contribution is 2.30. The highest BCUT2D eigenvalue weighted by atomic mass is 16.5. The molecule has 1 aromatic carbocycles. The van der Waals surface area contributed by atoms with Gasteiger partial charge in [0.05, 0.1) is 27.4 Å². The van der Waals surface area contributed by atoms with Crippen molar-refractivity contribution in [1.82, 2.24) is 0 Å². The van der Waals surface area contributed by atoms with Gasteiger partial charge in [0, 0.05) is 5.92 Å². The van der Waals surface area contributed by atoms with Crippen LogP contribution in [0.3, 0.4) is 0 Å². The minimum absolute atomic E-state index is 0.0913. The number of rotatable bonds is 5. The smallest absolute Gasteiger partial charge is 0.161 e. The first kappa shape index (κ1) is 11.8. The lowest BCUT2D eigenvalue weighted by Crippen LogP contribution is -2.09. The Kier molecular flexibility index (Phi) is 4.39. The number of aliphatic hydroxyl groups is 2. The quantitative estimate of drug-likeness (QED) is 0.757. The first-order valence-corrected chi connectivity index (χ1v) is 4.70. The molecule has 0 unspecified atom stereocenters. The van der Waals surface area contributed by atoms with E-state index in [9.17, 15) is 0 Å². The number of ether oxygens (including phenoxy) is 2. The van der Waals surface area contributed by atoms with Crippen LogP contribution in [0.1, 0.15) is 11.5 Å². The predicted octanol–water partition coefficient (Wildman–Crippen LogP) is 0.772. The molecule has 0 fully saturated rings. The monoisotopic (exact) mass is 212 g/mol. The van der Waals surface area contributed by atoms with Crippen LogP contribution in [0, 0.1) is 0 Å². The third-order valence-corrected chi connectivity index (χ3v) is 2.32. The summed E-state index contributed by atoms with van der Waals surface area (Å²) in [5.41, 5.74) is 0.831. The summed E-state index contributed by atoms with van der Waals surface area (Å²) in [6, 6.07) is 5.32. The largest absolute Gasteiger partial charge is 0.493 e. The first-order valence-electron chi connectivity index (χ1n) is 4.70. The van der Waals surface area contributed by atoms with Crippen molar-refractivity contribution >= 4 is 0 Å². The van der Waals surface area contributed by atoms with E-state index in [4.69, 9.17) is 19.7 Å². The summed E-state index contributed by atoms with van der Waals surface area (Å²) >= 11 is 0. The molecule has 15 heavy (non-hydrogen) atoms. The molecular weight excluding hydrogens is 196 g/mol. The van der Waals surface area contributed by atoms with E-state index >= 15 is 0 Å². The van der Waals surface area contributed by atoms with Gasteiger partial charge in [0.25, 0.3) is 0 Å². The summed E-state index contributed by atoms with van der Waals surface area (Å²) in [7, 11) is 3.11. The Balaban J connectivity index is 3.01. The van der Waals surface area contributed by atoms with Crippen LogP contribution in [-0.4, -0.2) is 37.6 Å². The van der Waals surface area contributed by atoms with Gasteiger partial charge in [0.15, 0.2) is 11.5 Å². The number of aliphatic hydroxyl groups excluding tert-OH is 2. The average Bonchev–Trinajstić information content (AvgIpc) is 2.30. The molecule has 0 atom stereocenters. The van der Waals surface area contributed by atoms with Crippen LogP contribution in [-0.2, 0) is 0 Å². The molecule has 0 saturated heterocycles. The summed E-state index contributed by atoms with van der Waals surface area (Å²) < 4.78 is 10.2. The summed E-state index contributed by atoms with van der Waals surface area (Å²) in [4.78, 5) is 0. The first-order chi connectivity index (χ1) is 7.26. The van der Waals surface area contributed by atoms with E-state index in [1.807, 2.05) is 0 Å². The van der Waals surface area contributed by atoms with Gasteiger partial charge in [-0.15, -0.1) is 0 Å². The molecular formula is C11H16O4. The second kappa shape index (κ2) is 5.58. The third kappa shape index (κ3) is 2.61. The van der Waals surface area contributed by atoms with E-state index in [2.05, 4.69) is 0 Å². The Morgan fingerprint density at radius 2 is 1.67 bits per heavy atom. The molecule has 0 spiro atoms. The van der Waals surface area contributed by atoms with Gasteiger partial charge in [-0.05, 0) is 17.7 Å². The fraction of sp³-hybridized carbons (Fsp3) is 0.455. The fourth-order valence-electron chi connectivity index (χ4n) is 1.38. The predicted molar refractivity (Wildman–Crippen MR) is 56.5 cm³/mol. The van der Waals surface area contributed by atoms with Crippen molar-refractivity contribution in [2.45, 2.75) is 5.92 Å². The van der Waals surface area contributed by atoms with Crippen molar-refractivity contribution in [1.29, 1.82) is 0 Å². The summed E-state index contributed by atoms with van der Waals surface area (Å²) in [6.45, 7) is -0.183. The maximum absolute atomic E-state index is 9.04.